The standard InChI is InChI=1S/C12H17FO3/c1-4-11(14)8-5-6-9(10(13)7-8)12(15-2)16-3/h5-7,11-12,14H,4H2,1-3H3. The van der Waals surface area contributed by atoms with Crippen LogP contribution in [0.25, 0.3) is 0 Å². The van der Waals surface area contributed by atoms with Crippen LogP contribution in [0.1, 0.15) is 36.9 Å². The van der Waals surface area contributed by atoms with Crippen molar-refractivity contribution in [1.29, 1.82) is 0 Å². The quantitative estimate of drug-likeness (QED) is 0.787. The van der Waals surface area contributed by atoms with Gasteiger partial charge in [0.2, 0.25) is 0 Å². The number of halogens is 1. The van der Waals surface area contributed by atoms with Gasteiger partial charge in [0.1, 0.15) is 5.82 Å². The molecular formula is C12H17FO3. The van der Waals surface area contributed by atoms with Crippen molar-refractivity contribution in [2.24, 2.45) is 0 Å². The minimum absolute atomic E-state index is 0.331. The summed E-state index contributed by atoms with van der Waals surface area (Å²) < 4.78 is 23.6. The topological polar surface area (TPSA) is 38.7 Å². The first-order valence-electron chi connectivity index (χ1n) is 5.17. The summed E-state index contributed by atoms with van der Waals surface area (Å²) in [4.78, 5) is 0. The molecule has 0 fully saturated rings. The number of methoxy groups -OCH3 is 2. The Morgan fingerprint density at radius 3 is 2.38 bits per heavy atom. The third-order valence-electron chi connectivity index (χ3n) is 2.48. The van der Waals surface area contributed by atoms with Crippen molar-refractivity contribution in [1.82, 2.24) is 0 Å². The fourth-order valence-corrected chi connectivity index (χ4v) is 1.53. The van der Waals surface area contributed by atoms with E-state index in [0.717, 1.165) is 0 Å². The van der Waals surface area contributed by atoms with Gasteiger partial charge in [-0.25, -0.2) is 4.39 Å². The number of hydrogen-bond donors (Lipinski definition) is 1. The molecule has 3 nitrogen and oxygen atoms in total. The first-order chi connectivity index (χ1) is 7.63. The van der Waals surface area contributed by atoms with Crippen LogP contribution in [-0.4, -0.2) is 19.3 Å². The Balaban J connectivity index is 2.99. The maximum absolute atomic E-state index is 13.7. The number of aliphatic hydroxyl groups is 1. The van der Waals surface area contributed by atoms with Crippen molar-refractivity contribution < 1.29 is 19.0 Å². The lowest BCUT2D eigenvalue weighted by atomic mass is 10.0. The first kappa shape index (κ1) is 13.1. The molecule has 1 N–H and O–H groups in total. The van der Waals surface area contributed by atoms with Gasteiger partial charge in [-0.3, -0.25) is 0 Å². The van der Waals surface area contributed by atoms with E-state index in [1.807, 2.05) is 6.92 Å². The van der Waals surface area contributed by atoms with Gasteiger partial charge in [-0.2, -0.15) is 0 Å². The summed E-state index contributed by atoms with van der Waals surface area (Å²) in [5.41, 5.74) is 0.895. The van der Waals surface area contributed by atoms with E-state index >= 15 is 0 Å². The maximum atomic E-state index is 13.7. The molecule has 0 saturated heterocycles. The molecule has 0 aliphatic heterocycles. The van der Waals surface area contributed by atoms with Crippen molar-refractivity contribution >= 4 is 0 Å². The van der Waals surface area contributed by atoms with Crippen molar-refractivity contribution in [3.8, 4) is 0 Å². The van der Waals surface area contributed by atoms with E-state index in [4.69, 9.17) is 9.47 Å². The molecule has 0 radical (unpaired) electrons. The molecule has 4 heteroatoms. The van der Waals surface area contributed by atoms with Gasteiger partial charge in [-0.15, -0.1) is 0 Å². The molecular weight excluding hydrogens is 211 g/mol. The second-order valence-electron chi connectivity index (χ2n) is 3.51. The van der Waals surface area contributed by atoms with E-state index in [1.165, 1.54) is 20.3 Å². The molecule has 1 unspecified atom stereocenters. The lowest BCUT2D eigenvalue weighted by Gasteiger charge is -2.16. The Kier molecular flexibility index (Phi) is 4.86. The van der Waals surface area contributed by atoms with E-state index < -0.39 is 18.2 Å². The van der Waals surface area contributed by atoms with Crippen LogP contribution in [0, 0.1) is 5.82 Å². The molecule has 90 valence electrons. The second-order valence-corrected chi connectivity index (χ2v) is 3.51. The number of aliphatic hydroxyl groups excluding tert-OH is 1. The van der Waals surface area contributed by atoms with Crippen LogP contribution in [0.5, 0.6) is 0 Å². The molecule has 0 spiro atoms. The highest BCUT2D eigenvalue weighted by Crippen LogP contribution is 2.24. The molecule has 0 bridgehead atoms. The highest BCUT2D eigenvalue weighted by atomic mass is 19.1. The summed E-state index contributed by atoms with van der Waals surface area (Å²) in [5.74, 6) is -0.432. The van der Waals surface area contributed by atoms with Crippen molar-refractivity contribution in [2.45, 2.75) is 25.7 Å². The number of ether oxygens (including phenoxy) is 2. The minimum atomic E-state index is -0.715. The summed E-state index contributed by atoms with van der Waals surface area (Å²) in [6, 6.07) is 4.56. The van der Waals surface area contributed by atoms with Crippen LogP contribution in [0.3, 0.4) is 0 Å². The summed E-state index contributed by atoms with van der Waals surface area (Å²) in [7, 11) is 2.89. The van der Waals surface area contributed by atoms with Crippen LogP contribution in [0.2, 0.25) is 0 Å². The maximum Gasteiger partial charge on any atom is 0.185 e. The molecule has 1 aromatic rings. The van der Waals surface area contributed by atoms with E-state index in [1.54, 1.807) is 12.1 Å². The van der Waals surface area contributed by atoms with E-state index in [2.05, 4.69) is 0 Å². The molecule has 0 aromatic heterocycles. The molecule has 0 saturated carbocycles. The van der Waals surface area contributed by atoms with Gasteiger partial charge in [0, 0.05) is 19.8 Å². The molecule has 0 heterocycles. The molecule has 1 atom stereocenters. The fourth-order valence-electron chi connectivity index (χ4n) is 1.53. The number of rotatable bonds is 5. The van der Waals surface area contributed by atoms with Crippen LogP contribution >= 0.6 is 0 Å². The Morgan fingerprint density at radius 2 is 1.94 bits per heavy atom. The monoisotopic (exact) mass is 228 g/mol. The largest absolute Gasteiger partial charge is 0.388 e. The van der Waals surface area contributed by atoms with Gasteiger partial charge in [0.15, 0.2) is 6.29 Å². The fraction of sp³-hybridized carbons (Fsp3) is 0.500. The lowest BCUT2D eigenvalue weighted by molar-refractivity contribution is -0.107. The van der Waals surface area contributed by atoms with Crippen LogP contribution < -0.4 is 0 Å². The zero-order valence-electron chi connectivity index (χ0n) is 9.74. The summed E-state index contributed by atoms with van der Waals surface area (Å²) >= 11 is 0. The van der Waals surface area contributed by atoms with E-state index in [9.17, 15) is 9.50 Å². The Bertz CT molecular complexity index is 337. The third-order valence-corrected chi connectivity index (χ3v) is 2.48. The van der Waals surface area contributed by atoms with Crippen molar-refractivity contribution in [3.63, 3.8) is 0 Å². The molecule has 1 rings (SSSR count). The van der Waals surface area contributed by atoms with Crippen LogP contribution in [0.15, 0.2) is 18.2 Å². The molecule has 16 heavy (non-hydrogen) atoms. The SMILES string of the molecule is CCC(O)c1ccc(C(OC)OC)c(F)c1. The molecule has 0 aliphatic rings. The van der Waals surface area contributed by atoms with E-state index in [-0.39, 0.29) is 0 Å². The average Bonchev–Trinajstić information content (AvgIpc) is 2.31. The van der Waals surface area contributed by atoms with Gasteiger partial charge in [-0.1, -0.05) is 19.1 Å². The third kappa shape index (κ3) is 2.78. The average molecular weight is 228 g/mol. The molecule has 1 aromatic carbocycles. The normalized spacial score (nSPS) is 13.1. The van der Waals surface area contributed by atoms with Crippen molar-refractivity contribution in [2.75, 3.05) is 14.2 Å². The smallest absolute Gasteiger partial charge is 0.185 e. The lowest BCUT2D eigenvalue weighted by Crippen LogP contribution is -2.07. The zero-order valence-corrected chi connectivity index (χ0v) is 9.74. The minimum Gasteiger partial charge on any atom is -0.388 e. The highest BCUT2D eigenvalue weighted by molar-refractivity contribution is 5.26. The van der Waals surface area contributed by atoms with Crippen LogP contribution in [-0.2, 0) is 9.47 Å². The van der Waals surface area contributed by atoms with E-state index in [0.29, 0.717) is 17.5 Å². The number of hydrogen-bond acceptors (Lipinski definition) is 3. The zero-order chi connectivity index (χ0) is 12.1. The van der Waals surface area contributed by atoms with Gasteiger partial charge in [0.25, 0.3) is 0 Å². The van der Waals surface area contributed by atoms with Gasteiger partial charge >= 0.3 is 0 Å². The summed E-state index contributed by atoms with van der Waals surface area (Å²) in [6.45, 7) is 1.84. The molecule has 0 amide bonds. The Hall–Kier alpha value is -0.970. The predicted octanol–water partition coefficient (Wildman–Crippen LogP) is 2.56. The Morgan fingerprint density at radius 1 is 1.31 bits per heavy atom. The summed E-state index contributed by atoms with van der Waals surface area (Å²) in [6.07, 6.45) is -0.795. The van der Waals surface area contributed by atoms with Crippen LogP contribution in [0.4, 0.5) is 4.39 Å². The first-order valence-corrected chi connectivity index (χ1v) is 5.17. The van der Waals surface area contributed by atoms with Gasteiger partial charge in [-0.05, 0) is 18.1 Å². The number of benzene rings is 1. The van der Waals surface area contributed by atoms with Gasteiger partial charge < -0.3 is 14.6 Å². The predicted molar refractivity (Wildman–Crippen MR) is 58.4 cm³/mol. The molecule has 0 aliphatic carbocycles. The highest BCUT2D eigenvalue weighted by Gasteiger charge is 2.16. The van der Waals surface area contributed by atoms with Gasteiger partial charge in [0.05, 0.1) is 6.10 Å². The van der Waals surface area contributed by atoms with Crippen molar-refractivity contribution in [3.05, 3.63) is 35.1 Å². The Labute approximate surface area is 94.8 Å². The second kappa shape index (κ2) is 5.94. The summed E-state index contributed by atoms with van der Waals surface area (Å²) in [5, 5.41) is 9.57.